The standard InChI is InChI=1S/C28H26N2O5/c31-25(30-28(14-15-28)26(32)33)16-24(18-8-2-1-3-9-18)29-27(34)35-17-23-21-12-6-4-10-19(21)20-11-5-7-13-22(20)23/h1-13,23-24H,14-17H2,(H,29,34)(H,30,31)(H,32,33). The van der Waals surface area contributed by atoms with Gasteiger partial charge in [-0.2, -0.15) is 0 Å². The molecule has 0 spiro atoms. The van der Waals surface area contributed by atoms with Crippen molar-refractivity contribution in [2.75, 3.05) is 6.61 Å². The van der Waals surface area contributed by atoms with Crippen LogP contribution in [-0.2, 0) is 14.3 Å². The fourth-order valence-corrected chi connectivity index (χ4v) is 4.74. The molecule has 7 nitrogen and oxygen atoms in total. The van der Waals surface area contributed by atoms with Crippen molar-refractivity contribution in [2.24, 2.45) is 0 Å². The maximum Gasteiger partial charge on any atom is 0.407 e. The monoisotopic (exact) mass is 470 g/mol. The Morgan fingerprint density at radius 3 is 2.03 bits per heavy atom. The van der Waals surface area contributed by atoms with Crippen LogP contribution in [0.15, 0.2) is 78.9 Å². The molecule has 0 aliphatic heterocycles. The molecule has 3 aromatic rings. The van der Waals surface area contributed by atoms with E-state index < -0.39 is 29.6 Å². The molecule has 0 aromatic heterocycles. The van der Waals surface area contributed by atoms with Crippen molar-refractivity contribution in [3.05, 3.63) is 95.6 Å². The fraction of sp³-hybridized carbons (Fsp3) is 0.250. The molecule has 0 saturated heterocycles. The molecule has 1 atom stereocenters. The molecule has 1 fully saturated rings. The molecule has 2 amide bonds. The van der Waals surface area contributed by atoms with E-state index in [1.54, 1.807) is 0 Å². The Morgan fingerprint density at radius 2 is 1.46 bits per heavy atom. The smallest absolute Gasteiger partial charge is 0.407 e. The van der Waals surface area contributed by atoms with Crippen LogP contribution in [0.3, 0.4) is 0 Å². The number of hydrogen-bond acceptors (Lipinski definition) is 4. The number of ether oxygens (including phenoxy) is 1. The molecule has 2 aliphatic carbocycles. The van der Waals surface area contributed by atoms with Crippen LogP contribution in [0.1, 0.15) is 47.9 Å². The number of alkyl carbamates (subject to hydrolysis) is 1. The summed E-state index contributed by atoms with van der Waals surface area (Å²) in [6, 6.07) is 24.6. The largest absolute Gasteiger partial charge is 0.480 e. The molecule has 178 valence electrons. The lowest BCUT2D eigenvalue weighted by molar-refractivity contribution is -0.143. The number of hydrogen-bond donors (Lipinski definition) is 3. The number of carbonyl (C=O) groups is 3. The number of carboxylic acids is 1. The van der Waals surface area contributed by atoms with E-state index in [0.29, 0.717) is 12.8 Å². The molecule has 1 saturated carbocycles. The first-order valence-electron chi connectivity index (χ1n) is 11.7. The second-order valence-corrected chi connectivity index (χ2v) is 9.07. The van der Waals surface area contributed by atoms with Crippen LogP contribution in [0.2, 0.25) is 0 Å². The van der Waals surface area contributed by atoms with Gasteiger partial charge < -0.3 is 20.5 Å². The highest BCUT2D eigenvalue weighted by Crippen LogP contribution is 2.44. The van der Waals surface area contributed by atoms with Crippen molar-refractivity contribution in [1.29, 1.82) is 0 Å². The summed E-state index contributed by atoms with van der Waals surface area (Å²) in [5.41, 5.74) is 4.07. The van der Waals surface area contributed by atoms with Gasteiger partial charge in [0.1, 0.15) is 12.1 Å². The third-order valence-electron chi connectivity index (χ3n) is 6.77. The fourth-order valence-electron chi connectivity index (χ4n) is 4.74. The van der Waals surface area contributed by atoms with Gasteiger partial charge >= 0.3 is 12.1 Å². The summed E-state index contributed by atoms with van der Waals surface area (Å²) < 4.78 is 5.65. The van der Waals surface area contributed by atoms with Gasteiger partial charge in [-0.15, -0.1) is 0 Å². The minimum absolute atomic E-state index is 0.0723. The number of nitrogens with one attached hydrogen (secondary N) is 2. The van der Waals surface area contributed by atoms with Crippen LogP contribution >= 0.6 is 0 Å². The first-order valence-corrected chi connectivity index (χ1v) is 11.7. The summed E-state index contributed by atoms with van der Waals surface area (Å²) in [5.74, 6) is -1.54. The van der Waals surface area contributed by atoms with Gasteiger partial charge in [-0.3, -0.25) is 4.79 Å². The number of carbonyl (C=O) groups excluding carboxylic acids is 2. The average molecular weight is 471 g/mol. The minimum atomic E-state index is -1.18. The van der Waals surface area contributed by atoms with Gasteiger partial charge in [0.05, 0.1) is 12.5 Å². The van der Waals surface area contributed by atoms with Crippen molar-refractivity contribution >= 4 is 18.0 Å². The maximum atomic E-state index is 12.8. The average Bonchev–Trinajstić information content (AvgIpc) is 3.58. The van der Waals surface area contributed by atoms with Crippen molar-refractivity contribution < 1.29 is 24.2 Å². The number of carboxylic acid groups (broad SMARTS) is 1. The van der Waals surface area contributed by atoms with Gasteiger partial charge in [0.15, 0.2) is 0 Å². The zero-order valence-electron chi connectivity index (χ0n) is 19.1. The molecule has 0 bridgehead atoms. The van der Waals surface area contributed by atoms with E-state index in [2.05, 4.69) is 34.9 Å². The molecule has 3 aromatic carbocycles. The maximum absolute atomic E-state index is 12.8. The molecule has 7 heteroatoms. The third kappa shape index (κ3) is 4.62. The zero-order valence-corrected chi connectivity index (χ0v) is 19.1. The summed E-state index contributed by atoms with van der Waals surface area (Å²) in [6.45, 7) is 0.162. The number of fused-ring (bicyclic) bond motifs is 3. The molecule has 0 radical (unpaired) electrons. The van der Waals surface area contributed by atoms with Gasteiger partial charge in [0, 0.05) is 5.92 Å². The van der Waals surface area contributed by atoms with Gasteiger partial charge in [-0.25, -0.2) is 9.59 Å². The van der Waals surface area contributed by atoms with Crippen molar-refractivity contribution in [3.8, 4) is 11.1 Å². The van der Waals surface area contributed by atoms with Crippen LogP contribution in [0.25, 0.3) is 11.1 Å². The van der Waals surface area contributed by atoms with E-state index in [9.17, 15) is 19.5 Å². The second kappa shape index (κ2) is 9.25. The van der Waals surface area contributed by atoms with E-state index in [-0.39, 0.29) is 18.9 Å². The molecule has 1 unspecified atom stereocenters. The number of amides is 2. The van der Waals surface area contributed by atoms with Gasteiger partial charge in [-0.1, -0.05) is 78.9 Å². The van der Waals surface area contributed by atoms with Gasteiger partial charge in [0.2, 0.25) is 5.91 Å². The van der Waals surface area contributed by atoms with Gasteiger partial charge in [-0.05, 0) is 40.7 Å². The molecule has 0 heterocycles. The normalized spacial score (nSPS) is 15.9. The molecular formula is C28H26N2O5. The molecule has 3 N–H and O–H groups in total. The summed E-state index contributed by atoms with van der Waals surface area (Å²) in [7, 11) is 0. The Morgan fingerprint density at radius 1 is 0.886 bits per heavy atom. The first-order chi connectivity index (χ1) is 17.0. The van der Waals surface area contributed by atoms with Crippen LogP contribution < -0.4 is 10.6 Å². The second-order valence-electron chi connectivity index (χ2n) is 9.07. The molecule has 2 aliphatic rings. The number of rotatable bonds is 8. The third-order valence-corrected chi connectivity index (χ3v) is 6.77. The number of benzene rings is 3. The Hall–Kier alpha value is -4.13. The summed E-state index contributed by atoms with van der Waals surface area (Å²) in [4.78, 5) is 36.9. The summed E-state index contributed by atoms with van der Waals surface area (Å²) in [6.07, 6.45) is 0.0877. The SMILES string of the molecule is O=C(CC(NC(=O)OCC1c2ccccc2-c2ccccc21)c1ccccc1)NC1(C(=O)O)CC1. The highest BCUT2D eigenvalue weighted by Gasteiger charge is 2.51. The summed E-state index contributed by atoms with van der Waals surface area (Å²) in [5, 5.41) is 14.8. The van der Waals surface area contributed by atoms with Crippen molar-refractivity contribution in [2.45, 2.75) is 36.8 Å². The lowest BCUT2D eigenvalue weighted by atomic mass is 9.98. The number of aliphatic carboxylic acids is 1. The Balaban J connectivity index is 1.27. The predicted octanol–water partition coefficient (Wildman–Crippen LogP) is 4.39. The first kappa shape index (κ1) is 22.7. The quantitative estimate of drug-likeness (QED) is 0.453. The lowest BCUT2D eigenvalue weighted by Gasteiger charge is -2.21. The van der Waals surface area contributed by atoms with Crippen LogP contribution in [0, 0.1) is 0 Å². The van der Waals surface area contributed by atoms with E-state index >= 15 is 0 Å². The van der Waals surface area contributed by atoms with E-state index in [1.165, 1.54) is 0 Å². The van der Waals surface area contributed by atoms with E-state index in [1.807, 2.05) is 54.6 Å². The molecule has 5 rings (SSSR count). The Bertz CT molecular complexity index is 1220. The summed E-state index contributed by atoms with van der Waals surface area (Å²) >= 11 is 0. The van der Waals surface area contributed by atoms with Crippen LogP contribution in [0.4, 0.5) is 4.79 Å². The highest BCUT2D eigenvalue weighted by molar-refractivity contribution is 5.90. The highest BCUT2D eigenvalue weighted by atomic mass is 16.5. The topological polar surface area (TPSA) is 105 Å². The van der Waals surface area contributed by atoms with Crippen molar-refractivity contribution in [3.63, 3.8) is 0 Å². The van der Waals surface area contributed by atoms with E-state index in [4.69, 9.17) is 4.74 Å². The van der Waals surface area contributed by atoms with Crippen LogP contribution in [-0.4, -0.2) is 35.2 Å². The molecule has 35 heavy (non-hydrogen) atoms. The Kier molecular flexibility index (Phi) is 5.99. The predicted molar refractivity (Wildman–Crippen MR) is 130 cm³/mol. The van der Waals surface area contributed by atoms with Crippen molar-refractivity contribution in [1.82, 2.24) is 10.6 Å². The molecular weight excluding hydrogens is 444 g/mol. The minimum Gasteiger partial charge on any atom is -0.480 e. The van der Waals surface area contributed by atoms with E-state index in [0.717, 1.165) is 27.8 Å². The van der Waals surface area contributed by atoms with Gasteiger partial charge in [0.25, 0.3) is 0 Å². The zero-order chi connectivity index (χ0) is 24.4. The van der Waals surface area contributed by atoms with Crippen LogP contribution in [0.5, 0.6) is 0 Å². The lowest BCUT2D eigenvalue weighted by Crippen LogP contribution is -2.44. The Labute approximate surface area is 203 Å².